The first-order valence-corrected chi connectivity index (χ1v) is 9.57. The van der Waals surface area contributed by atoms with Crippen molar-refractivity contribution in [3.63, 3.8) is 0 Å². The molecule has 150 valence electrons. The van der Waals surface area contributed by atoms with Crippen molar-refractivity contribution in [1.82, 2.24) is 0 Å². The summed E-state index contributed by atoms with van der Waals surface area (Å²) in [4.78, 5) is 12.5. The summed E-state index contributed by atoms with van der Waals surface area (Å²) in [6.45, 7) is 2.32. The molecule has 1 N–H and O–H groups in total. The monoisotopic (exact) mass is 400 g/mol. The molecule has 0 aliphatic rings. The second-order valence-electron chi connectivity index (χ2n) is 6.62. The first kappa shape index (κ1) is 20.8. The molecular formula is C25H21FN2O2. The van der Waals surface area contributed by atoms with Crippen molar-refractivity contribution >= 4 is 17.7 Å². The zero-order chi connectivity index (χ0) is 21.3. The molecule has 0 saturated carbocycles. The van der Waals surface area contributed by atoms with Crippen molar-refractivity contribution in [1.29, 1.82) is 5.26 Å². The fourth-order valence-electron chi connectivity index (χ4n) is 2.86. The predicted molar refractivity (Wildman–Crippen MR) is 115 cm³/mol. The number of halogens is 1. The summed E-state index contributed by atoms with van der Waals surface area (Å²) in [7, 11) is 0. The van der Waals surface area contributed by atoms with Crippen LogP contribution in [0.25, 0.3) is 6.08 Å². The van der Waals surface area contributed by atoms with Crippen LogP contribution in [0.15, 0.2) is 78.4 Å². The van der Waals surface area contributed by atoms with Gasteiger partial charge < -0.3 is 10.1 Å². The Morgan fingerprint density at radius 3 is 2.43 bits per heavy atom. The maximum absolute atomic E-state index is 12.9. The molecule has 1 amide bonds. The Morgan fingerprint density at radius 2 is 1.77 bits per heavy atom. The van der Waals surface area contributed by atoms with E-state index < -0.39 is 5.91 Å². The van der Waals surface area contributed by atoms with Crippen molar-refractivity contribution in [3.8, 4) is 11.8 Å². The number of carbonyl (C=O) groups excluding carboxylic acids is 1. The molecule has 0 aliphatic heterocycles. The standard InChI is InChI=1S/C25H21FN2O2/c1-2-20-5-3-4-6-24(20)28-25(29)21(16-27)15-18-9-13-23(14-10-18)30-17-19-7-11-22(26)12-8-19/h3-15H,2,17H2,1H3,(H,28,29)/b21-15+. The molecule has 3 aromatic carbocycles. The molecule has 0 aliphatic carbocycles. The van der Waals surface area contributed by atoms with Gasteiger partial charge in [0.1, 0.15) is 29.8 Å². The van der Waals surface area contributed by atoms with Gasteiger partial charge in [-0.05, 0) is 59.5 Å². The highest BCUT2D eigenvalue weighted by Gasteiger charge is 2.11. The molecular weight excluding hydrogens is 379 g/mol. The molecule has 0 unspecified atom stereocenters. The maximum atomic E-state index is 12.9. The average Bonchev–Trinajstić information content (AvgIpc) is 2.78. The van der Waals surface area contributed by atoms with Gasteiger partial charge in [0.15, 0.2) is 0 Å². The van der Waals surface area contributed by atoms with E-state index >= 15 is 0 Å². The number of ether oxygens (including phenoxy) is 1. The summed E-state index contributed by atoms with van der Waals surface area (Å²) in [6.07, 6.45) is 2.31. The van der Waals surface area contributed by atoms with Gasteiger partial charge in [0.2, 0.25) is 0 Å². The Bertz CT molecular complexity index is 1080. The van der Waals surface area contributed by atoms with E-state index in [4.69, 9.17) is 4.74 Å². The van der Waals surface area contributed by atoms with E-state index in [0.29, 0.717) is 23.6 Å². The molecule has 3 aromatic rings. The fourth-order valence-corrected chi connectivity index (χ4v) is 2.86. The van der Waals surface area contributed by atoms with E-state index in [9.17, 15) is 14.4 Å². The summed E-state index contributed by atoms with van der Waals surface area (Å²) < 4.78 is 18.6. The Kier molecular flexibility index (Phi) is 6.96. The summed E-state index contributed by atoms with van der Waals surface area (Å²) in [6, 6.07) is 22.6. The summed E-state index contributed by atoms with van der Waals surface area (Å²) >= 11 is 0. The largest absolute Gasteiger partial charge is 0.489 e. The lowest BCUT2D eigenvalue weighted by Gasteiger charge is -2.09. The molecule has 0 radical (unpaired) electrons. The number of amides is 1. The number of hydrogen-bond donors (Lipinski definition) is 1. The smallest absolute Gasteiger partial charge is 0.266 e. The molecule has 30 heavy (non-hydrogen) atoms. The number of nitriles is 1. The number of nitrogens with one attached hydrogen (secondary N) is 1. The number of anilines is 1. The van der Waals surface area contributed by atoms with Gasteiger partial charge in [0.05, 0.1) is 0 Å². The Balaban J connectivity index is 1.66. The number of aryl methyl sites for hydroxylation is 1. The third-order valence-corrected chi connectivity index (χ3v) is 4.52. The number of hydrogen-bond acceptors (Lipinski definition) is 3. The number of rotatable bonds is 7. The topological polar surface area (TPSA) is 62.1 Å². The van der Waals surface area contributed by atoms with Crippen molar-refractivity contribution in [2.75, 3.05) is 5.32 Å². The molecule has 4 nitrogen and oxygen atoms in total. The lowest BCUT2D eigenvalue weighted by atomic mass is 10.1. The minimum Gasteiger partial charge on any atom is -0.489 e. The van der Waals surface area contributed by atoms with E-state index in [0.717, 1.165) is 17.5 Å². The van der Waals surface area contributed by atoms with Gasteiger partial charge in [-0.3, -0.25) is 4.79 Å². The zero-order valence-corrected chi connectivity index (χ0v) is 16.6. The molecule has 0 bridgehead atoms. The quantitative estimate of drug-likeness (QED) is 0.420. The van der Waals surface area contributed by atoms with Gasteiger partial charge in [0, 0.05) is 5.69 Å². The third-order valence-electron chi connectivity index (χ3n) is 4.52. The van der Waals surface area contributed by atoms with Crippen LogP contribution in [-0.2, 0) is 17.8 Å². The van der Waals surface area contributed by atoms with Crippen LogP contribution in [0.2, 0.25) is 0 Å². The maximum Gasteiger partial charge on any atom is 0.266 e. The van der Waals surface area contributed by atoms with E-state index in [2.05, 4.69) is 5.32 Å². The summed E-state index contributed by atoms with van der Waals surface area (Å²) in [5.74, 6) is -0.100. The Labute approximate surface area is 175 Å². The van der Waals surface area contributed by atoms with Crippen molar-refractivity contribution < 1.29 is 13.9 Å². The summed E-state index contributed by atoms with van der Waals surface area (Å²) in [5, 5.41) is 12.2. The van der Waals surface area contributed by atoms with Crippen LogP contribution in [0.5, 0.6) is 5.75 Å². The predicted octanol–water partition coefficient (Wildman–Crippen LogP) is 5.51. The number of nitrogens with zero attached hydrogens (tertiary/aromatic N) is 1. The lowest BCUT2D eigenvalue weighted by molar-refractivity contribution is -0.112. The Hall–Kier alpha value is -3.91. The fraction of sp³-hybridized carbons (Fsp3) is 0.120. The van der Waals surface area contributed by atoms with Gasteiger partial charge in [-0.2, -0.15) is 5.26 Å². The average molecular weight is 400 g/mol. The lowest BCUT2D eigenvalue weighted by Crippen LogP contribution is -2.14. The number of para-hydroxylation sites is 1. The first-order valence-electron chi connectivity index (χ1n) is 9.57. The van der Waals surface area contributed by atoms with Gasteiger partial charge >= 0.3 is 0 Å². The van der Waals surface area contributed by atoms with Crippen LogP contribution in [-0.4, -0.2) is 5.91 Å². The van der Waals surface area contributed by atoms with E-state index in [-0.39, 0.29) is 11.4 Å². The van der Waals surface area contributed by atoms with Gasteiger partial charge in [-0.15, -0.1) is 0 Å². The van der Waals surface area contributed by atoms with Crippen molar-refractivity contribution in [2.45, 2.75) is 20.0 Å². The molecule has 0 aromatic heterocycles. The normalized spacial score (nSPS) is 10.9. The second kappa shape index (κ2) is 10.0. The highest BCUT2D eigenvalue weighted by Crippen LogP contribution is 2.19. The summed E-state index contributed by atoms with van der Waals surface area (Å²) in [5.41, 5.74) is 3.29. The molecule has 0 saturated heterocycles. The van der Waals surface area contributed by atoms with Crippen molar-refractivity contribution in [3.05, 3.63) is 101 Å². The molecule has 0 atom stereocenters. The second-order valence-corrected chi connectivity index (χ2v) is 6.62. The molecule has 5 heteroatoms. The molecule has 0 spiro atoms. The number of carbonyl (C=O) groups is 1. The van der Waals surface area contributed by atoms with Crippen molar-refractivity contribution in [2.24, 2.45) is 0 Å². The third kappa shape index (κ3) is 5.55. The highest BCUT2D eigenvalue weighted by molar-refractivity contribution is 6.09. The van der Waals surface area contributed by atoms with E-state index in [1.807, 2.05) is 37.3 Å². The van der Waals surface area contributed by atoms with Crippen LogP contribution in [0, 0.1) is 17.1 Å². The van der Waals surface area contributed by atoms with Gasteiger partial charge in [0.25, 0.3) is 5.91 Å². The highest BCUT2D eigenvalue weighted by atomic mass is 19.1. The first-order chi connectivity index (χ1) is 14.6. The van der Waals surface area contributed by atoms with Crippen LogP contribution in [0.1, 0.15) is 23.6 Å². The van der Waals surface area contributed by atoms with E-state index in [1.54, 1.807) is 36.4 Å². The molecule has 0 fully saturated rings. The zero-order valence-electron chi connectivity index (χ0n) is 16.6. The van der Waals surface area contributed by atoms with Crippen LogP contribution in [0.3, 0.4) is 0 Å². The Morgan fingerprint density at radius 1 is 1.07 bits per heavy atom. The van der Waals surface area contributed by atoms with Crippen LogP contribution >= 0.6 is 0 Å². The van der Waals surface area contributed by atoms with Gasteiger partial charge in [-0.1, -0.05) is 49.4 Å². The van der Waals surface area contributed by atoms with Crippen LogP contribution in [0.4, 0.5) is 10.1 Å². The van der Waals surface area contributed by atoms with Gasteiger partial charge in [-0.25, -0.2) is 4.39 Å². The molecule has 3 rings (SSSR count). The minimum absolute atomic E-state index is 0.0147. The molecule has 0 heterocycles. The number of benzene rings is 3. The SMILES string of the molecule is CCc1ccccc1NC(=O)/C(C#N)=C/c1ccc(OCc2ccc(F)cc2)cc1. The van der Waals surface area contributed by atoms with Crippen LogP contribution < -0.4 is 10.1 Å². The minimum atomic E-state index is -0.449. The van der Waals surface area contributed by atoms with E-state index in [1.165, 1.54) is 18.2 Å².